The zero-order valence-corrected chi connectivity index (χ0v) is 12.9. The number of hydrogen-bond acceptors (Lipinski definition) is 6. The van der Waals surface area contributed by atoms with E-state index in [0.29, 0.717) is 18.4 Å². The van der Waals surface area contributed by atoms with E-state index in [1.807, 2.05) is 44.4 Å². The molecule has 0 saturated carbocycles. The van der Waals surface area contributed by atoms with Crippen LogP contribution in [0.15, 0.2) is 28.0 Å². The smallest absolute Gasteiger partial charge is 0.236 e. The van der Waals surface area contributed by atoms with Gasteiger partial charge in [-0.05, 0) is 37.8 Å². The van der Waals surface area contributed by atoms with E-state index in [0.717, 1.165) is 27.6 Å². The number of thiophene rings is 1. The minimum Gasteiger partial charge on any atom is -0.470 e. The van der Waals surface area contributed by atoms with Gasteiger partial charge in [0.05, 0.1) is 10.6 Å². The second kappa shape index (κ2) is 5.65. The molecule has 3 aromatic heterocycles. The van der Waals surface area contributed by atoms with E-state index in [9.17, 15) is 0 Å². The third kappa shape index (κ3) is 2.95. The van der Waals surface area contributed by atoms with E-state index in [1.165, 1.54) is 0 Å². The van der Waals surface area contributed by atoms with Crippen molar-refractivity contribution in [2.45, 2.75) is 27.4 Å². The van der Waals surface area contributed by atoms with Crippen LogP contribution in [0.25, 0.3) is 10.8 Å². The largest absolute Gasteiger partial charge is 0.470 e. The zero-order valence-electron chi connectivity index (χ0n) is 12.1. The molecule has 0 saturated heterocycles. The topological polar surface area (TPSA) is 61.0 Å². The van der Waals surface area contributed by atoms with Gasteiger partial charge in [-0.1, -0.05) is 6.07 Å². The van der Waals surface area contributed by atoms with Crippen LogP contribution in [-0.4, -0.2) is 15.2 Å². The summed E-state index contributed by atoms with van der Waals surface area (Å²) in [6.45, 7) is 6.10. The molecular weight excluding hydrogens is 286 g/mol. The highest BCUT2D eigenvalue weighted by Gasteiger charge is 2.13. The van der Waals surface area contributed by atoms with Crippen molar-refractivity contribution in [1.82, 2.24) is 15.2 Å². The number of hydrogen-bond donors (Lipinski definition) is 0. The molecular formula is C15H15N3O2S. The van der Waals surface area contributed by atoms with Gasteiger partial charge in [0.15, 0.2) is 0 Å². The van der Waals surface area contributed by atoms with E-state index in [4.69, 9.17) is 9.15 Å². The van der Waals surface area contributed by atoms with Crippen LogP contribution < -0.4 is 4.74 Å². The first-order valence-corrected chi connectivity index (χ1v) is 7.45. The Hall–Kier alpha value is -2.21. The summed E-state index contributed by atoms with van der Waals surface area (Å²) >= 11 is 1.60. The Kier molecular flexibility index (Phi) is 3.70. The van der Waals surface area contributed by atoms with Crippen LogP contribution >= 0.6 is 11.3 Å². The molecule has 0 spiro atoms. The second-order valence-electron chi connectivity index (χ2n) is 4.74. The third-order valence-corrected chi connectivity index (χ3v) is 4.05. The van der Waals surface area contributed by atoms with Crippen LogP contribution in [0.5, 0.6) is 5.88 Å². The highest BCUT2D eigenvalue weighted by molar-refractivity contribution is 7.13. The Morgan fingerprint density at radius 2 is 2.10 bits per heavy atom. The Morgan fingerprint density at radius 1 is 1.24 bits per heavy atom. The predicted molar refractivity (Wildman–Crippen MR) is 80.4 cm³/mol. The summed E-state index contributed by atoms with van der Waals surface area (Å²) in [4.78, 5) is 5.49. The van der Waals surface area contributed by atoms with Gasteiger partial charge < -0.3 is 9.15 Å². The van der Waals surface area contributed by atoms with Crippen LogP contribution in [-0.2, 0) is 6.61 Å². The summed E-state index contributed by atoms with van der Waals surface area (Å²) < 4.78 is 11.3. The molecule has 0 radical (unpaired) electrons. The lowest BCUT2D eigenvalue weighted by molar-refractivity contribution is 0.283. The van der Waals surface area contributed by atoms with E-state index < -0.39 is 0 Å². The number of oxazole rings is 1. The predicted octanol–water partition coefficient (Wildman–Crippen LogP) is 3.70. The summed E-state index contributed by atoms with van der Waals surface area (Å²) in [6.07, 6.45) is 0. The molecule has 0 aliphatic heterocycles. The number of rotatable bonds is 4. The van der Waals surface area contributed by atoms with E-state index in [-0.39, 0.29) is 0 Å². The van der Waals surface area contributed by atoms with Crippen molar-refractivity contribution in [2.24, 2.45) is 0 Å². The van der Waals surface area contributed by atoms with Gasteiger partial charge in [-0.25, -0.2) is 4.98 Å². The summed E-state index contributed by atoms with van der Waals surface area (Å²) in [6, 6.07) is 5.83. The van der Waals surface area contributed by atoms with Crippen LogP contribution in [0.2, 0.25) is 0 Å². The van der Waals surface area contributed by atoms with Crippen LogP contribution in [0, 0.1) is 20.8 Å². The zero-order chi connectivity index (χ0) is 14.8. The Bertz CT molecular complexity index is 750. The first kappa shape index (κ1) is 13.8. The number of nitrogens with zero attached hydrogens (tertiary/aromatic N) is 3. The van der Waals surface area contributed by atoms with Crippen molar-refractivity contribution >= 4 is 11.3 Å². The van der Waals surface area contributed by atoms with E-state index in [2.05, 4.69) is 15.2 Å². The van der Waals surface area contributed by atoms with Gasteiger partial charge in [0, 0.05) is 6.07 Å². The van der Waals surface area contributed by atoms with Crippen molar-refractivity contribution in [3.8, 4) is 16.6 Å². The maximum atomic E-state index is 5.67. The lowest BCUT2D eigenvalue weighted by atomic mass is 10.2. The van der Waals surface area contributed by atoms with E-state index in [1.54, 1.807) is 11.3 Å². The SMILES string of the molecule is Cc1cc(OCc2nc(-c3cccs3)oc2C)nnc1C. The summed E-state index contributed by atoms with van der Waals surface area (Å²) in [5.41, 5.74) is 2.73. The first-order valence-electron chi connectivity index (χ1n) is 6.57. The van der Waals surface area contributed by atoms with Crippen molar-refractivity contribution < 1.29 is 9.15 Å². The lowest BCUT2D eigenvalue weighted by Crippen LogP contribution is -2.01. The molecule has 6 heteroatoms. The molecule has 0 aliphatic carbocycles. The molecule has 3 aromatic rings. The molecule has 3 rings (SSSR count). The molecule has 0 aliphatic rings. The maximum Gasteiger partial charge on any atom is 0.236 e. The standard InChI is InChI=1S/C15H15N3O2S/c1-9-7-14(18-17-10(9)2)19-8-12-11(3)20-15(16-12)13-5-4-6-21-13/h4-7H,8H2,1-3H3. The molecule has 0 amide bonds. The quantitative estimate of drug-likeness (QED) is 0.735. The number of aromatic nitrogens is 3. The van der Waals surface area contributed by atoms with Crippen molar-refractivity contribution in [3.05, 3.63) is 46.3 Å². The fourth-order valence-electron chi connectivity index (χ4n) is 1.80. The number of aryl methyl sites for hydroxylation is 3. The summed E-state index contributed by atoms with van der Waals surface area (Å²) in [5, 5.41) is 10.0. The van der Waals surface area contributed by atoms with Crippen molar-refractivity contribution in [3.63, 3.8) is 0 Å². The van der Waals surface area contributed by atoms with Gasteiger partial charge in [0.2, 0.25) is 11.8 Å². The minimum absolute atomic E-state index is 0.317. The second-order valence-corrected chi connectivity index (χ2v) is 5.69. The molecule has 0 fully saturated rings. The van der Waals surface area contributed by atoms with Crippen molar-refractivity contribution in [1.29, 1.82) is 0 Å². The van der Waals surface area contributed by atoms with Gasteiger partial charge in [-0.2, -0.15) is 5.10 Å². The average Bonchev–Trinajstić information content (AvgIpc) is 3.10. The van der Waals surface area contributed by atoms with Crippen LogP contribution in [0.1, 0.15) is 22.7 Å². The Balaban J connectivity index is 1.74. The van der Waals surface area contributed by atoms with Crippen LogP contribution in [0.4, 0.5) is 0 Å². The summed E-state index contributed by atoms with van der Waals surface area (Å²) in [5.74, 6) is 1.89. The molecule has 5 nitrogen and oxygen atoms in total. The number of ether oxygens (including phenoxy) is 1. The lowest BCUT2D eigenvalue weighted by Gasteiger charge is -2.04. The fourth-order valence-corrected chi connectivity index (χ4v) is 2.45. The monoisotopic (exact) mass is 301 g/mol. The molecule has 0 bridgehead atoms. The van der Waals surface area contributed by atoms with Gasteiger partial charge in [-0.3, -0.25) is 0 Å². The maximum absolute atomic E-state index is 5.67. The molecule has 3 heterocycles. The van der Waals surface area contributed by atoms with Crippen LogP contribution in [0.3, 0.4) is 0 Å². The summed E-state index contributed by atoms with van der Waals surface area (Å²) in [7, 11) is 0. The van der Waals surface area contributed by atoms with Gasteiger partial charge in [0.25, 0.3) is 0 Å². The van der Waals surface area contributed by atoms with Gasteiger partial charge >= 0.3 is 0 Å². The minimum atomic E-state index is 0.317. The van der Waals surface area contributed by atoms with Crippen molar-refractivity contribution in [2.75, 3.05) is 0 Å². The molecule has 0 aromatic carbocycles. The molecule has 0 unspecified atom stereocenters. The Labute approximate surface area is 126 Å². The highest BCUT2D eigenvalue weighted by atomic mass is 32.1. The normalized spacial score (nSPS) is 10.8. The highest BCUT2D eigenvalue weighted by Crippen LogP contribution is 2.26. The fraction of sp³-hybridized carbons (Fsp3) is 0.267. The molecule has 21 heavy (non-hydrogen) atoms. The van der Waals surface area contributed by atoms with Gasteiger partial charge in [-0.15, -0.1) is 16.4 Å². The first-order chi connectivity index (χ1) is 10.1. The molecule has 0 atom stereocenters. The average molecular weight is 301 g/mol. The molecule has 0 N–H and O–H groups in total. The Morgan fingerprint density at radius 3 is 2.81 bits per heavy atom. The molecule has 108 valence electrons. The third-order valence-electron chi connectivity index (χ3n) is 3.19. The van der Waals surface area contributed by atoms with Gasteiger partial charge in [0.1, 0.15) is 18.1 Å². The van der Waals surface area contributed by atoms with E-state index >= 15 is 0 Å².